The van der Waals surface area contributed by atoms with Gasteiger partial charge in [-0.15, -0.1) is 0 Å². The molecular weight excluding hydrogens is 224 g/mol. The molecule has 0 N–H and O–H groups in total. The van der Waals surface area contributed by atoms with Crippen LogP contribution in [0.4, 0.5) is 0 Å². The summed E-state index contributed by atoms with van der Waals surface area (Å²) in [7, 11) is 0. The van der Waals surface area contributed by atoms with E-state index in [0.29, 0.717) is 16.6 Å². The molecule has 1 saturated heterocycles. The Morgan fingerprint density at radius 3 is 3.12 bits per heavy atom. The van der Waals surface area contributed by atoms with E-state index in [1.807, 2.05) is 4.90 Å². The van der Waals surface area contributed by atoms with Crippen LogP contribution in [0.15, 0.2) is 18.3 Å². The largest absolute Gasteiger partial charge is 0.338 e. The molecule has 0 spiro atoms. The van der Waals surface area contributed by atoms with Crippen LogP contribution in [0.1, 0.15) is 30.1 Å². The second-order valence-corrected chi connectivity index (χ2v) is 4.70. The number of carbonyl (C=O) groups excluding carboxylic acids is 1. The first-order chi connectivity index (χ1) is 7.68. The second kappa shape index (κ2) is 4.83. The van der Waals surface area contributed by atoms with Gasteiger partial charge in [0.15, 0.2) is 0 Å². The van der Waals surface area contributed by atoms with E-state index in [9.17, 15) is 4.79 Å². The normalized spacial score (nSPS) is 20.9. The van der Waals surface area contributed by atoms with Gasteiger partial charge in [-0.3, -0.25) is 4.79 Å². The molecule has 16 heavy (non-hydrogen) atoms. The molecule has 0 bridgehead atoms. The maximum Gasteiger partial charge on any atom is 0.256 e. The van der Waals surface area contributed by atoms with Crippen molar-refractivity contribution in [1.82, 2.24) is 9.88 Å². The number of hydrogen-bond acceptors (Lipinski definition) is 2. The maximum absolute atomic E-state index is 12.2. The van der Waals surface area contributed by atoms with Gasteiger partial charge in [-0.25, -0.2) is 4.98 Å². The van der Waals surface area contributed by atoms with Crippen molar-refractivity contribution in [2.24, 2.45) is 5.92 Å². The van der Waals surface area contributed by atoms with Crippen molar-refractivity contribution in [1.29, 1.82) is 0 Å². The zero-order chi connectivity index (χ0) is 11.5. The molecule has 1 aliphatic heterocycles. The van der Waals surface area contributed by atoms with Crippen LogP contribution in [0.3, 0.4) is 0 Å². The topological polar surface area (TPSA) is 33.2 Å². The van der Waals surface area contributed by atoms with E-state index in [1.165, 1.54) is 6.42 Å². The number of amides is 1. The summed E-state index contributed by atoms with van der Waals surface area (Å²) in [5.41, 5.74) is 0.512. The molecule has 2 rings (SSSR count). The molecule has 4 heteroatoms. The van der Waals surface area contributed by atoms with Gasteiger partial charge in [0, 0.05) is 19.3 Å². The zero-order valence-corrected chi connectivity index (χ0v) is 10.1. The van der Waals surface area contributed by atoms with E-state index in [0.717, 1.165) is 19.5 Å². The SMILES string of the molecule is C[C@H]1CCCN(C(=O)c2cccnc2Cl)C1. The summed E-state index contributed by atoms with van der Waals surface area (Å²) in [5.74, 6) is 0.581. The highest BCUT2D eigenvalue weighted by Gasteiger charge is 2.23. The van der Waals surface area contributed by atoms with Crippen LogP contribution in [0, 0.1) is 5.92 Å². The fourth-order valence-electron chi connectivity index (χ4n) is 2.09. The lowest BCUT2D eigenvalue weighted by molar-refractivity contribution is 0.0683. The van der Waals surface area contributed by atoms with Crippen molar-refractivity contribution in [2.45, 2.75) is 19.8 Å². The number of piperidine rings is 1. The minimum atomic E-state index is 0.00431. The lowest BCUT2D eigenvalue weighted by Gasteiger charge is -2.31. The predicted octanol–water partition coefficient (Wildman–Crippen LogP) is 2.61. The van der Waals surface area contributed by atoms with E-state index >= 15 is 0 Å². The summed E-state index contributed by atoms with van der Waals surface area (Å²) < 4.78 is 0. The van der Waals surface area contributed by atoms with Crippen LogP contribution < -0.4 is 0 Å². The quantitative estimate of drug-likeness (QED) is 0.705. The fourth-order valence-corrected chi connectivity index (χ4v) is 2.29. The summed E-state index contributed by atoms with van der Waals surface area (Å²) in [5, 5.41) is 0.297. The third kappa shape index (κ3) is 2.35. The van der Waals surface area contributed by atoms with Crippen molar-refractivity contribution in [3.8, 4) is 0 Å². The van der Waals surface area contributed by atoms with E-state index in [1.54, 1.807) is 18.3 Å². The molecule has 1 aromatic heterocycles. The third-order valence-electron chi connectivity index (χ3n) is 2.93. The van der Waals surface area contributed by atoms with E-state index in [2.05, 4.69) is 11.9 Å². The molecule has 0 unspecified atom stereocenters. The van der Waals surface area contributed by atoms with Crippen molar-refractivity contribution in [3.05, 3.63) is 29.0 Å². The van der Waals surface area contributed by atoms with Gasteiger partial charge in [0.2, 0.25) is 0 Å². The molecule has 0 aromatic carbocycles. The monoisotopic (exact) mass is 238 g/mol. The van der Waals surface area contributed by atoms with Crippen molar-refractivity contribution < 1.29 is 4.79 Å². The number of aromatic nitrogens is 1. The standard InChI is InChI=1S/C12H15ClN2O/c1-9-4-3-7-15(8-9)12(16)10-5-2-6-14-11(10)13/h2,5-6,9H,3-4,7-8H2,1H3/t9-/m0/s1. The van der Waals surface area contributed by atoms with Gasteiger partial charge in [0.1, 0.15) is 5.15 Å². The molecule has 2 heterocycles. The highest BCUT2D eigenvalue weighted by atomic mass is 35.5. The number of rotatable bonds is 1. The number of pyridine rings is 1. The second-order valence-electron chi connectivity index (χ2n) is 4.34. The molecule has 86 valence electrons. The smallest absolute Gasteiger partial charge is 0.256 e. The summed E-state index contributed by atoms with van der Waals surface area (Å²) in [6.45, 7) is 3.82. The first-order valence-electron chi connectivity index (χ1n) is 5.58. The molecule has 0 saturated carbocycles. The number of likely N-dealkylation sites (tertiary alicyclic amines) is 1. The molecule has 1 atom stereocenters. The maximum atomic E-state index is 12.2. The van der Waals surface area contributed by atoms with Crippen LogP contribution in [0.2, 0.25) is 5.15 Å². The Morgan fingerprint density at radius 2 is 2.44 bits per heavy atom. The summed E-state index contributed by atoms with van der Waals surface area (Å²) in [6, 6.07) is 3.48. The van der Waals surface area contributed by atoms with E-state index in [4.69, 9.17) is 11.6 Å². The van der Waals surface area contributed by atoms with Gasteiger partial charge in [0.25, 0.3) is 5.91 Å². The Hall–Kier alpha value is -1.09. The van der Waals surface area contributed by atoms with Gasteiger partial charge in [-0.2, -0.15) is 0 Å². The van der Waals surface area contributed by atoms with Crippen LogP contribution in [0.25, 0.3) is 0 Å². The lowest BCUT2D eigenvalue weighted by atomic mass is 10.00. The Kier molecular flexibility index (Phi) is 3.44. The number of carbonyl (C=O) groups is 1. The highest BCUT2D eigenvalue weighted by Crippen LogP contribution is 2.20. The molecule has 0 aliphatic carbocycles. The molecule has 1 aliphatic rings. The van der Waals surface area contributed by atoms with E-state index in [-0.39, 0.29) is 5.91 Å². The third-order valence-corrected chi connectivity index (χ3v) is 3.23. The van der Waals surface area contributed by atoms with Crippen molar-refractivity contribution in [3.63, 3.8) is 0 Å². The van der Waals surface area contributed by atoms with Crippen LogP contribution in [-0.4, -0.2) is 28.9 Å². The summed E-state index contributed by atoms with van der Waals surface area (Å²) >= 11 is 5.92. The van der Waals surface area contributed by atoms with Gasteiger partial charge in [-0.1, -0.05) is 18.5 Å². The fraction of sp³-hybridized carbons (Fsp3) is 0.500. The van der Waals surface area contributed by atoms with Crippen LogP contribution >= 0.6 is 11.6 Å². The van der Waals surface area contributed by atoms with Crippen molar-refractivity contribution in [2.75, 3.05) is 13.1 Å². The van der Waals surface area contributed by atoms with Gasteiger partial charge in [0.05, 0.1) is 5.56 Å². The number of hydrogen-bond donors (Lipinski definition) is 0. The minimum absolute atomic E-state index is 0.00431. The molecule has 0 radical (unpaired) electrons. The van der Waals surface area contributed by atoms with Crippen LogP contribution in [-0.2, 0) is 0 Å². The average molecular weight is 239 g/mol. The van der Waals surface area contributed by atoms with E-state index < -0.39 is 0 Å². The molecule has 1 amide bonds. The average Bonchev–Trinajstić information content (AvgIpc) is 2.29. The van der Waals surface area contributed by atoms with Gasteiger partial charge >= 0.3 is 0 Å². The first kappa shape index (κ1) is 11.4. The van der Waals surface area contributed by atoms with Crippen LogP contribution in [0.5, 0.6) is 0 Å². The number of halogens is 1. The molecule has 1 aromatic rings. The molecule has 3 nitrogen and oxygen atoms in total. The number of nitrogens with zero attached hydrogens (tertiary/aromatic N) is 2. The lowest BCUT2D eigenvalue weighted by Crippen LogP contribution is -2.39. The summed E-state index contributed by atoms with van der Waals surface area (Å²) in [4.78, 5) is 18.0. The molecular formula is C12H15ClN2O. The minimum Gasteiger partial charge on any atom is -0.338 e. The summed E-state index contributed by atoms with van der Waals surface area (Å²) in [6.07, 6.45) is 3.87. The van der Waals surface area contributed by atoms with Crippen molar-refractivity contribution >= 4 is 17.5 Å². The Morgan fingerprint density at radius 1 is 1.62 bits per heavy atom. The highest BCUT2D eigenvalue weighted by molar-refractivity contribution is 6.32. The Labute approximate surface area is 100 Å². The first-order valence-corrected chi connectivity index (χ1v) is 5.96. The molecule has 1 fully saturated rings. The Bertz CT molecular complexity index is 394. The zero-order valence-electron chi connectivity index (χ0n) is 9.32. The van der Waals surface area contributed by atoms with Gasteiger partial charge < -0.3 is 4.90 Å². The Balaban J connectivity index is 2.16. The van der Waals surface area contributed by atoms with Gasteiger partial charge in [-0.05, 0) is 30.9 Å². The predicted molar refractivity (Wildman–Crippen MR) is 63.5 cm³/mol.